The molecule has 0 aromatic heterocycles. The highest BCUT2D eigenvalue weighted by Crippen LogP contribution is 2.84. The number of piperidine rings is 3. The Balaban J connectivity index is 1.13. The summed E-state index contributed by atoms with van der Waals surface area (Å²) >= 11 is 0. The molecule has 2 N–H and O–H groups in total. The van der Waals surface area contributed by atoms with Crippen LogP contribution in [0.25, 0.3) is 0 Å². The van der Waals surface area contributed by atoms with Gasteiger partial charge in [0, 0.05) is 49.2 Å². The lowest BCUT2D eigenvalue weighted by Crippen LogP contribution is -2.75. The minimum atomic E-state index is -0.912. The minimum Gasteiger partial charge on any atom is -0.449 e. The largest absolute Gasteiger partial charge is 0.449 e. The number of hydrogen-bond donors (Lipinski definition) is 1. The minimum absolute atomic E-state index is 0.0766. The third kappa shape index (κ3) is 4.36. The first-order valence-corrected chi connectivity index (χ1v) is 22.5. The highest BCUT2D eigenvalue weighted by atomic mass is 16.6. The zero-order chi connectivity index (χ0) is 36.6. The maximum absolute atomic E-state index is 15.2. The van der Waals surface area contributed by atoms with E-state index in [4.69, 9.17) is 15.2 Å². The van der Waals surface area contributed by atoms with E-state index in [1.807, 2.05) is 0 Å². The molecule has 3 saturated carbocycles. The van der Waals surface area contributed by atoms with Crippen molar-refractivity contribution >= 4 is 11.9 Å². The molecular weight excluding hydrogens is 671 g/mol. The molecule has 14 rings (SSSR count). The number of nitrogens with zero attached hydrogens (tertiary/aromatic N) is 2. The van der Waals surface area contributed by atoms with Crippen molar-refractivity contribution in [3.05, 3.63) is 58.4 Å². The Labute approximate surface area is 322 Å². The number of fused-ring (bicyclic) bond motifs is 2. The second kappa shape index (κ2) is 12.5. The van der Waals surface area contributed by atoms with Crippen molar-refractivity contribution in [1.82, 2.24) is 9.80 Å². The lowest BCUT2D eigenvalue weighted by Gasteiger charge is -2.69. The number of rotatable bonds is 6. The molecule has 0 amide bonds. The van der Waals surface area contributed by atoms with Gasteiger partial charge in [0.25, 0.3) is 0 Å². The molecular formula is C47H63N3O4. The molecule has 13 aliphatic rings. The van der Waals surface area contributed by atoms with Gasteiger partial charge in [0.05, 0.1) is 11.0 Å². The summed E-state index contributed by atoms with van der Waals surface area (Å²) < 4.78 is 13.9. The summed E-state index contributed by atoms with van der Waals surface area (Å²) in [5.74, 6) is 4.46. The van der Waals surface area contributed by atoms with Crippen LogP contribution < -0.4 is 5.73 Å². The maximum atomic E-state index is 15.2. The highest BCUT2D eigenvalue weighted by Gasteiger charge is 2.91. The van der Waals surface area contributed by atoms with Crippen molar-refractivity contribution in [2.45, 2.75) is 140 Å². The van der Waals surface area contributed by atoms with E-state index in [0.717, 1.165) is 85.1 Å². The van der Waals surface area contributed by atoms with Crippen molar-refractivity contribution in [3.8, 4) is 0 Å². The Bertz CT molecular complexity index is 1800. The molecule has 0 radical (unpaired) electrons. The first kappa shape index (κ1) is 34.7. The molecule has 1 aromatic carbocycles. The molecule has 14 atom stereocenters. The number of hydrogen-bond acceptors (Lipinski definition) is 7. The van der Waals surface area contributed by atoms with Gasteiger partial charge < -0.3 is 15.2 Å². The summed E-state index contributed by atoms with van der Waals surface area (Å²) in [6.07, 6.45) is 22.8. The predicted octanol–water partition coefficient (Wildman–Crippen LogP) is 7.92. The van der Waals surface area contributed by atoms with Gasteiger partial charge in [-0.15, -0.1) is 0 Å². The summed E-state index contributed by atoms with van der Waals surface area (Å²) in [4.78, 5) is 35.7. The Morgan fingerprint density at radius 2 is 1.83 bits per heavy atom. The topological polar surface area (TPSA) is 85.1 Å². The van der Waals surface area contributed by atoms with Crippen LogP contribution in [0.4, 0.5) is 0 Å². The van der Waals surface area contributed by atoms with Crippen LogP contribution in [0.5, 0.6) is 0 Å². The van der Waals surface area contributed by atoms with Crippen molar-refractivity contribution in [1.29, 1.82) is 0 Å². The molecule has 4 saturated heterocycles. The van der Waals surface area contributed by atoms with Gasteiger partial charge >= 0.3 is 11.9 Å². The highest BCUT2D eigenvalue weighted by molar-refractivity contribution is 5.99. The van der Waals surface area contributed by atoms with Gasteiger partial charge in [-0.1, -0.05) is 63.0 Å². The number of aryl methyl sites for hydroxylation is 1. The fourth-order valence-electron chi connectivity index (χ4n) is 16.1. The molecule has 7 heteroatoms. The van der Waals surface area contributed by atoms with Crippen LogP contribution in [-0.2, 0) is 26.3 Å². The molecule has 2 spiro atoms. The first-order chi connectivity index (χ1) is 26.3. The van der Waals surface area contributed by atoms with Crippen molar-refractivity contribution < 1.29 is 19.1 Å². The van der Waals surface area contributed by atoms with E-state index >= 15 is 4.79 Å². The van der Waals surface area contributed by atoms with Gasteiger partial charge in [0.15, 0.2) is 5.60 Å². The van der Waals surface area contributed by atoms with Gasteiger partial charge in [-0.3, -0.25) is 14.6 Å². The lowest BCUT2D eigenvalue weighted by atomic mass is 9.31. The normalized spacial score (nSPS) is 47.0. The summed E-state index contributed by atoms with van der Waals surface area (Å²) in [6, 6.07) is 8.12. The summed E-state index contributed by atoms with van der Waals surface area (Å²) in [7, 11) is 0. The second-order valence-corrected chi connectivity index (χ2v) is 20.1. The number of esters is 2. The average molecular weight is 734 g/mol. The van der Waals surface area contributed by atoms with Gasteiger partial charge in [-0.2, -0.15) is 0 Å². The van der Waals surface area contributed by atoms with Crippen LogP contribution >= 0.6 is 0 Å². The van der Waals surface area contributed by atoms with E-state index in [2.05, 4.69) is 54.0 Å². The molecule has 7 nitrogen and oxygen atoms in total. The zero-order valence-corrected chi connectivity index (χ0v) is 32.9. The van der Waals surface area contributed by atoms with Crippen LogP contribution in [0, 0.1) is 52.3 Å². The fourth-order valence-corrected chi connectivity index (χ4v) is 16.1. The molecule has 10 bridgehead atoms. The molecule has 1 aromatic rings. The number of benzene rings is 1. The van der Waals surface area contributed by atoms with E-state index in [9.17, 15) is 4.79 Å². The Hall–Kier alpha value is -2.48. The standard InChI is InChI=1S/C47H63N3O4/c1-3-8-39-45-24-33-18-19-46(45,47(39)36-13-6-11-31(12-7-20-48)41(36)43(51)54-47)40(53-44(45)52)17-16-37(30-9-4-5-10-30)49-25-29-23-34(27-49)38-15-14-32-21-28(2)22-35(33)42(32)50(38)26-29/h6,11,13,17,24,28-30,32,34-35,37-39,42H,3-5,7-10,12,14-16,18-23,25-27,48H2,1-2H3. The smallest absolute Gasteiger partial charge is 0.339 e. The number of ether oxygens (including phenoxy) is 2. The molecule has 4 aliphatic carbocycles. The third-order valence-electron chi connectivity index (χ3n) is 17.7. The molecule has 7 fully saturated rings. The fraction of sp³-hybridized carbons (Fsp3) is 0.745. The van der Waals surface area contributed by atoms with E-state index in [-0.39, 0.29) is 17.9 Å². The molecule has 9 aliphatic heterocycles. The zero-order valence-electron chi connectivity index (χ0n) is 32.9. The molecule has 9 heterocycles. The average Bonchev–Trinajstić information content (AvgIpc) is 3.87. The second-order valence-electron chi connectivity index (χ2n) is 20.1. The quantitative estimate of drug-likeness (QED) is 0.235. The predicted molar refractivity (Wildman–Crippen MR) is 208 cm³/mol. The van der Waals surface area contributed by atoms with Gasteiger partial charge in [-0.05, 0) is 137 Å². The van der Waals surface area contributed by atoms with Crippen molar-refractivity contribution in [3.63, 3.8) is 0 Å². The van der Waals surface area contributed by atoms with Crippen LogP contribution in [0.2, 0.25) is 0 Å². The van der Waals surface area contributed by atoms with Crippen LogP contribution in [-0.4, -0.2) is 66.0 Å². The summed E-state index contributed by atoms with van der Waals surface area (Å²) in [6.45, 7) is 8.99. The van der Waals surface area contributed by atoms with Gasteiger partial charge in [-0.25, -0.2) is 4.79 Å². The third-order valence-corrected chi connectivity index (χ3v) is 17.7. The summed E-state index contributed by atoms with van der Waals surface area (Å²) in [5.41, 5.74) is 7.85. The SMILES string of the molecule is CCCC1C23C=C4CCC2(C(=CCC(C2CCCC2)N2CC5CC(C2)C2CCC6CC(C)CC4C6N2C5)OC3=O)C12OC(=O)c1c(CCCN)cccc12. The number of carbonyl (C=O) groups excluding carboxylic acids is 2. The number of carbonyl (C=O) groups is 2. The number of nitrogens with two attached hydrogens (primary N) is 1. The summed E-state index contributed by atoms with van der Waals surface area (Å²) in [5, 5.41) is 0. The van der Waals surface area contributed by atoms with E-state index < -0.39 is 16.4 Å². The Morgan fingerprint density at radius 3 is 2.67 bits per heavy atom. The maximum Gasteiger partial charge on any atom is 0.339 e. The van der Waals surface area contributed by atoms with E-state index in [1.165, 1.54) is 83.0 Å². The van der Waals surface area contributed by atoms with Crippen LogP contribution in [0.1, 0.15) is 132 Å². The Morgan fingerprint density at radius 1 is 0.963 bits per heavy atom. The first-order valence-electron chi connectivity index (χ1n) is 22.5. The van der Waals surface area contributed by atoms with Crippen LogP contribution in [0.15, 0.2) is 41.7 Å². The molecule has 14 unspecified atom stereocenters. The van der Waals surface area contributed by atoms with Crippen molar-refractivity contribution in [2.24, 2.45) is 58.0 Å². The van der Waals surface area contributed by atoms with Gasteiger partial charge in [0.2, 0.25) is 0 Å². The molecule has 54 heavy (non-hydrogen) atoms. The van der Waals surface area contributed by atoms with Crippen LogP contribution in [0.3, 0.4) is 0 Å². The molecule has 290 valence electrons. The van der Waals surface area contributed by atoms with Crippen molar-refractivity contribution in [2.75, 3.05) is 26.2 Å². The lowest BCUT2D eigenvalue weighted by molar-refractivity contribution is -0.271. The Kier molecular flexibility index (Phi) is 8.05. The van der Waals surface area contributed by atoms with E-state index in [0.29, 0.717) is 42.4 Å². The van der Waals surface area contributed by atoms with E-state index in [1.54, 1.807) is 0 Å². The monoisotopic (exact) mass is 733 g/mol. The van der Waals surface area contributed by atoms with Gasteiger partial charge in [0.1, 0.15) is 11.2 Å².